The molecule has 0 saturated carbocycles. The van der Waals surface area contributed by atoms with E-state index in [1.165, 1.54) is 5.56 Å². The minimum Gasteiger partial charge on any atom is -0.497 e. The van der Waals surface area contributed by atoms with E-state index in [2.05, 4.69) is 17.4 Å². The van der Waals surface area contributed by atoms with Gasteiger partial charge in [0.05, 0.1) is 25.7 Å². The highest BCUT2D eigenvalue weighted by atomic mass is 32.2. The highest BCUT2D eigenvalue weighted by molar-refractivity contribution is 8.00. The molecule has 1 atom stereocenters. The lowest BCUT2D eigenvalue weighted by molar-refractivity contribution is -0.128. The van der Waals surface area contributed by atoms with Crippen LogP contribution in [0.1, 0.15) is 26.9 Å². The fraction of sp³-hybridized carbons (Fsp3) is 0.231. The van der Waals surface area contributed by atoms with Gasteiger partial charge in [-0.15, -0.1) is 11.8 Å². The number of nitrogens with one attached hydrogen (secondary N) is 1. The fourth-order valence-electron chi connectivity index (χ4n) is 3.77. The molecule has 1 N–H and O–H groups in total. The van der Waals surface area contributed by atoms with Crippen molar-refractivity contribution in [2.24, 2.45) is 0 Å². The van der Waals surface area contributed by atoms with E-state index in [0.717, 1.165) is 12.0 Å². The number of nitrogens with zero attached hydrogens (tertiary/aromatic N) is 1. The van der Waals surface area contributed by atoms with Crippen molar-refractivity contribution in [1.82, 2.24) is 4.90 Å². The van der Waals surface area contributed by atoms with Crippen LogP contribution in [0.25, 0.3) is 0 Å². The fourth-order valence-corrected chi connectivity index (χ4v) is 4.99. The van der Waals surface area contributed by atoms with Gasteiger partial charge in [0.15, 0.2) is 0 Å². The predicted octanol–water partition coefficient (Wildman–Crippen LogP) is 4.77. The van der Waals surface area contributed by atoms with Gasteiger partial charge >= 0.3 is 0 Å². The van der Waals surface area contributed by atoms with Crippen LogP contribution in [0.3, 0.4) is 0 Å². The minimum absolute atomic E-state index is 0.0446. The standard InChI is InChI=1S/C26H26N2O4S/c1-31-21-12-13-23(32-2)22(16-21)27-25(30)19-8-10-20(11-9-19)26-28(24(29)17-33-26)15-14-18-6-4-3-5-7-18/h3-13,16,26H,14-15,17H2,1-2H3,(H,27,30)/t26-/m0/s1. The molecule has 6 nitrogen and oxygen atoms in total. The van der Waals surface area contributed by atoms with Gasteiger partial charge in [0.2, 0.25) is 5.91 Å². The van der Waals surface area contributed by atoms with Gasteiger partial charge in [0.25, 0.3) is 5.91 Å². The van der Waals surface area contributed by atoms with Gasteiger partial charge in [-0.3, -0.25) is 9.59 Å². The molecule has 0 bridgehead atoms. The first kappa shape index (κ1) is 22.7. The van der Waals surface area contributed by atoms with Gasteiger partial charge in [0.1, 0.15) is 16.9 Å². The van der Waals surface area contributed by atoms with E-state index in [-0.39, 0.29) is 17.2 Å². The lowest BCUT2D eigenvalue weighted by Gasteiger charge is -2.24. The molecule has 1 aliphatic heterocycles. The van der Waals surface area contributed by atoms with E-state index in [0.29, 0.717) is 35.0 Å². The Morgan fingerprint density at radius 2 is 1.79 bits per heavy atom. The number of methoxy groups -OCH3 is 2. The van der Waals surface area contributed by atoms with Crippen LogP contribution in [-0.4, -0.2) is 43.2 Å². The van der Waals surface area contributed by atoms with Crippen molar-refractivity contribution in [2.45, 2.75) is 11.8 Å². The van der Waals surface area contributed by atoms with E-state index >= 15 is 0 Å². The van der Waals surface area contributed by atoms with E-state index < -0.39 is 0 Å². The van der Waals surface area contributed by atoms with Crippen LogP contribution in [-0.2, 0) is 11.2 Å². The monoisotopic (exact) mass is 462 g/mol. The second-order valence-corrected chi connectivity index (χ2v) is 8.70. The molecule has 1 saturated heterocycles. The number of amides is 2. The molecular formula is C26H26N2O4S. The maximum Gasteiger partial charge on any atom is 0.255 e. The Morgan fingerprint density at radius 3 is 2.48 bits per heavy atom. The number of carbonyl (C=O) groups is 2. The quantitative estimate of drug-likeness (QED) is 0.522. The first-order valence-corrected chi connectivity index (χ1v) is 11.7. The largest absolute Gasteiger partial charge is 0.497 e. The molecule has 1 fully saturated rings. The van der Waals surface area contributed by atoms with Gasteiger partial charge in [-0.2, -0.15) is 0 Å². The number of hydrogen-bond acceptors (Lipinski definition) is 5. The third-order valence-corrected chi connectivity index (χ3v) is 6.82. The Labute approximate surface area is 197 Å². The molecule has 0 radical (unpaired) electrons. The summed E-state index contributed by atoms with van der Waals surface area (Å²) in [4.78, 5) is 27.2. The SMILES string of the molecule is COc1ccc(OC)c(NC(=O)c2ccc([C@@H]3SCC(=O)N3CCc3ccccc3)cc2)c1. The summed E-state index contributed by atoms with van der Waals surface area (Å²) in [5.41, 5.74) is 3.28. The molecule has 3 aromatic carbocycles. The Kier molecular flexibility index (Phi) is 7.19. The third kappa shape index (κ3) is 5.31. The highest BCUT2D eigenvalue weighted by Gasteiger charge is 2.32. The molecule has 2 amide bonds. The van der Waals surface area contributed by atoms with Crippen molar-refractivity contribution < 1.29 is 19.1 Å². The number of hydrogen-bond donors (Lipinski definition) is 1. The summed E-state index contributed by atoms with van der Waals surface area (Å²) in [6, 6.07) is 22.8. The first-order valence-electron chi connectivity index (χ1n) is 10.7. The first-order chi connectivity index (χ1) is 16.1. The van der Waals surface area contributed by atoms with Crippen molar-refractivity contribution in [2.75, 3.05) is 31.8 Å². The summed E-state index contributed by atoms with van der Waals surface area (Å²) >= 11 is 1.62. The number of carbonyl (C=O) groups excluding carboxylic acids is 2. The van der Waals surface area contributed by atoms with Crippen molar-refractivity contribution in [1.29, 1.82) is 0 Å². The molecule has 4 rings (SSSR count). The Bertz CT molecular complexity index is 1120. The Balaban J connectivity index is 1.45. The average molecular weight is 463 g/mol. The van der Waals surface area contributed by atoms with Crippen molar-refractivity contribution in [3.8, 4) is 11.5 Å². The van der Waals surface area contributed by atoms with Crippen LogP contribution < -0.4 is 14.8 Å². The summed E-state index contributed by atoms with van der Waals surface area (Å²) < 4.78 is 10.6. The summed E-state index contributed by atoms with van der Waals surface area (Å²) in [5, 5.41) is 2.84. The molecule has 3 aromatic rings. The molecule has 0 spiro atoms. The van der Waals surface area contributed by atoms with Gasteiger partial charge in [0, 0.05) is 18.2 Å². The minimum atomic E-state index is -0.246. The van der Waals surface area contributed by atoms with Gasteiger partial charge in [-0.05, 0) is 41.8 Å². The molecule has 0 aromatic heterocycles. The average Bonchev–Trinajstić information content (AvgIpc) is 3.23. The van der Waals surface area contributed by atoms with E-state index in [4.69, 9.17) is 9.47 Å². The zero-order valence-electron chi connectivity index (χ0n) is 18.6. The second-order valence-electron chi connectivity index (χ2n) is 7.63. The van der Waals surface area contributed by atoms with Crippen LogP contribution in [0.5, 0.6) is 11.5 Å². The molecule has 1 aliphatic rings. The normalized spacial score (nSPS) is 15.4. The zero-order chi connectivity index (χ0) is 23.2. The molecule has 33 heavy (non-hydrogen) atoms. The summed E-state index contributed by atoms with van der Waals surface area (Å²) in [6.45, 7) is 0.665. The number of benzene rings is 3. The van der Waals surface area contributed by atoms with E-state index in [9.17, 15) is 9.59 Å². The van der Waals surface area contributed by atoms with Crippen LogP contribution in [0.15, 0.2) is 72.8 Å². The van der Waals surface area contributed by atoms with Crippen molar-refractivity contribution in [3.05, 3.63) is 89.5 Å². The van der Waals surface area contributed by atoms with Gasteiger partial charge in [-0.1, -0.05) is 42.5 Å². The summed E-state index contributed by atoms with van der Waals surface area (Å²) in [5.74, 6) is 1.55. The molecule has 7 heteroatoms. The predicted molar refractivity (Wildman–Crippen MR) is 131 cm³/mol. The third-order valence-electron chi connectivity index (χ3n) is 5.57. The maximum absolute atomic E-state index is 12.8. The smallest absolute Gasteiger partial charge is 0.255 e. The molecule has 0 aliphatic carbocycles. The topological polar surface area (TPSA) is 67.9 Å². The van der Waals surface area contributed by atoms with Gasteiger partial charge in [-0.25, -0.2) is 0 Å². The van der Waals surface area contributed by atoms with Crippen LogP contribution in [0.2, 0.25) is 0 Å². The highest BCUT2D eigenvalue weighted by Crippen LogP contribution is 2.38. The Hall–Kier alpha value is -3.45. The second kappa shape index (κ2) is 10.4. The lowest BCUT2D eigenvalue weighted by Crippen LogP contribution is -2.30. The van der Waals surface area contributed by atoms with E-state index in [1.54, 1.807) is 56.3 Å². The van der Waals surface area contributed by atoms with Crippen molar-refractivity contribution >= 4 is 29.3 Å². The number of rotatable bonds is 8. The van der Waals surface area contributed by atoms with Crippen molar-refractivity contribution in [3.63, 3.8) is 0 Å². The molecule has 1 heterocycles. The zero-order valence-corrected chi connectivity index (χ0v) is 19.4. The molecular weight excluding hydrogens is 436 g/mol. The number of thioether (sulfide) groups is 1. The molecule has 170 valence electrons. The van der Waals surface area contributed by atoms with E-state index in [1.807, 2.05) is 35.2 Å². The van der Waals surface area contributed by atoms with Crippen LogP contribution >= 0.6 is 11.8 Å². The van der Waals surface area contributed by atoms with Gasteiger partial charge < -0.3 is 19.7 Å². The summed E-state index contributed by atoms with van der Waals surface area (Å²) in [7, 11) is 3.12. The number of anilines is 1. The Morgan fingerprint density at radius 1 is 1.03 bits per heavy atom. The molecule has 0 unspecified atom stereocenters. The maximum atomic E-state index is 12.8. The van der Waals surface area contributed by atoms with Crippen LogP contribution in [0, 0.1) is 0 Å². The van der Waals surface area contributed by atoms with Crippen LogP contribution in [0.4, 0.5) is 5.69 Å². The lowest BCUT2D eigenvalue weighted by atomic mass is 10.1. The summed E-state index contributed by atoms with van der Waals surface area (Å²) in [6.07, 6.45) is 0.812. The number of ether oxygens (including phenoxy) is 2.